The summed E-state index contributed by atoms with van der Waals surface area (Å²) in [6.07, 6.45) is 0. The van der Waals surface area contributed by atoms with E-state index in [1.54, 1.807) is 36.4 Å². The molecule has 0 fully saturated rings. The van der Waals surface area contributed by atoms with Crippen LogP contribution in [0.15, 0.2) is 45.3 Å². The number of hydrogen-bond donors (Lipinski definition) is 0. The van der Waals surface area contributed by atoms with Crippen molar-refractivity contribution in [2.24, 2.45) is 0 Å². The van der Waals surface area contributed by atoms with Crippen molar-refractivity contribution in [3.8, 4) is 11.1 Å². The van der Waals surface area contributed by atoms with Crippen molar-refractivity contribution < 1.29 is 8.78 Å². The topological polar surface area (TPSA) is 0 Å². The third-order valence-electron chi connectivity index (χ3n) is 2.19. The average molecular weight is 348 g/mol. The lowest BCUT2D eigenvalue weighted by Crippen LogP contribution is -1.90. The van der Waals surface area contributed by atoms with Crippen LogP contribution in [0, 0.1) is 11.6 Å². The average Bonchev–Trinajstić information content (AvgIpc) is 2.27. The van der Waals surface area contributed by atoms with Gasteiger partial charge in [-0.25, -0.2) is 8.78 Å². The van der Waals surface area contributed by atoms with Crippen LogP contribution >= 0.6 is 31.9 Å². The van der Waals surface area contributed by atoms with E-state index in [2.05, 4.69) is 31.9 Å². The molecule has 0 aliphatic carbocycles. The number of benzene rings is 2. The largest absolute Gasteiger partial charge is 0.205 e. The quantitative estimate of drug-likeness (QED) is 0.668. The molecule has 0 aliphatic heterocycles. The van der Waals surface area contributed by atoms with Gasteiger partial charge in [0.05, 0.1) is 8.95 Å². The Kier molecular flexibility index (Phi) is 3.40. The fourth-order valence-corrected chi connectivity index (χ4v) is 2.16. The first-order valence-corrected chi connectivity index (χ1v) is 6.08. The van der Waals surface area contributed by atoms with E-state index in [0.717, 1.165) is 0 Å². The lowest BCUT2D eigenvalue weighted by molar-refractivity contribution is 0.609. The van der Waals surface area contributed by atoms with Gasteiger partial charge in [0.25, 0.3) is 0 Å². The van der Waals surface area contributed by atoms with Gasteiger partial charge in [-0.1, -0.05) is 24.3 Å². The highest BCUT2D eigenvalue weighted by molar-refractivity contribution is 9.10. The minimum absolute atomic E-state index is 0.244. The van der Waals surface area contributed by atoms with Crippen LogP contribution < -0.4 is 0 Å². The van der Waals surface area contributed by atoms with Crippen molar-refractivity contribution in [1.29, 1.82) is 0 Å². The summed E-state index contributed by atoms with van der Waals surface area (Å²) in [4.78, 5) is 0. The monoisotopic (exact) mass is 346 g/mol. The number of rotatable bonds is 1. The molecule has 16 heavy (non-hydrogen) atoms. The van der Waals surface area contributed by atoms with Crippen LogP contribution in [0.1, 0.15) is 0 Å². The van der Waals surface area contributed by atoms with Crippen molar-refractivity contribution in [2.75, 3.05) is 0 Å². The second-order valence-corrected chi connectivity index (χ2v) is 4.91. The number of hydrogen-bond acceptors (Lipinski definition) is 0. The number of halogens is 4. The van der Waals surface area contributed by atoms with Gasteiger partial charge in [-0.05, 0) is 44.0 Å². The molecule has 0 aliphatic rings. The first-order chi connectivity index (χ1) is 7.61. The molecule has 0 atom stereocenters. The molecule has 0 saturated carbocycles. The lowest BCUT2D eigenvalue weighted by Gasteiger charge is -2.07. The van der Waals surface area contributed by atoms with Gasteiger partial charge in [-0.2, -0.15) is 0 Å². The Bertz CT molecular complexity index is 489. The van der Waals surface area contributed by atoms with E-state index in [9.17, 15) is 8.78 Å². The lowest BCUT2D eigenvalue weighted by atomic mass is 10.0. The summed E-state index contributed by atoms with van der Waals surface area (Å²) in [5, 5.41) is 0. The SMILES string of the molecule is Fc1c(Br)cccc1-c1cccc(Br)c1F. The van der Waals surface area contributed by atoms with Crippen LogP contribution in [0.25, 0.3) is 11.1 Å². The molecule has 2 aromatic rings. The van der Waals surface area contributed by atoms with Crippen LogP contribution in [0.4, 0.5) is 8.78 Å². The minimum Gasteiger partial charge on any atom is -0.205 e. The third-order valence-corrected chi connectivity index (χ3v) is 3.42. The van der Waals surface area contributed by atoms with Gasteiger partial charge in [0.2, 0.25) is 0 Å². The molecule has 0 spiro atoms. The van der Waals surface area contributed by atoms with Gasteiger partial charge in [0, 0.05) is 11.1 Å². The molecule has 0 saturated heterocycles. The molecule has 0 radical (unpaired) electrons. The highest BCUT2D eigenvalue weighted by Gasteiger charge is 2.13. The minimum atomic E-state index is -0.459. The highest BCUT2D eigenvalue weighted by atomic mass is 79.9. The zero-order chi connectivity index (χ0) is 11.7. The highest BCUT2D eigenvalue weighted by Crippen LogP contribution is 2.32. The van der Waals surface area contributed by atoms with Crippen molar-refractivity contribution in [1.82, 2.24) is 0 Å². The van der Waals surface area contributed by atoms with Crippen LogP contribution in [0.5, 0.6) is 0 Å². The van der Waals surface area contributed by atoms with Crippen molar-refractivity contribution in [2.45, 2.75) is 0 Å². The van der Waals surface area contributed by atoms with Gasteiger partial charge in [-0.3, -0.25) is 0 Å². The van der Waals surface area contributed by atoms with Crippen molar-refractivity contribution in [3.63, 3.8) is 0 Å². The molecule has 2 aromatic carbocycles. The van der Waals surface area contributed by atoms with Gasteiger partial charge in [0.1, 0.15) is 11.6 Å². The van der Waals surface area contributed by atoms with E-state index >= 15 is 0 Å². The summed E-state index contributed by atoms with van der Waals surface area (Å²) >= 11 is 6.15. The molecular weight excluding hydrogens is 342 g/mol. The molecule has 0 nitrogen and oxygen atoms in total. The molecule has 0 unspecified atom stereocenters. The normalized spacial score (nSPS) is 10.5. The predicted molar refractivity (Wildman–Crippen MR) is 67.2 cm³/mol. The summed E-state index contributed by atoms with van der Waals surface area (Å²) in [6.45, 7) is 0. The predicted octanol–water partition coefficient (Wildman–Crippen LogP) is 5.16. The maximum absolute atomic E-state index is 13.8. The van der Waals surface area contributed by atoms with Crippen molar-refractivity contribution >= 4 is 31.9 Å². The van der Waals surface area contributed by atoms with Gasteiger partial charge < -0.3 is 0 Å². The zero-order valence-electron chi connectivity index (χ0n) is 7.98. The summed E-state index contributed by atoms with van der Waals surface area (Å²) in [5.41, 5.74) is 0.487. The van der Waals surface area contributed by atoms with E-state index in [-0.39, 0.29) is 11.1 Å². The Morgan fingerprint density at radius 2 is 1.06 bits per heavy atom. The second kappa shape index (κ2) is 4.63. The summed E-state index contributed by atoms with van der Waals surface area (Å²) in [7, 11) is 0. The van der Waals surface area contributed by atoms with Crippen LogP contribution in [-0.4, -0.2) is 0 Å². The second-order valence-electron chi connectivity index (χ2n) is 3.20. The fraction of sp³-hybridized carbons (Fsp3) is 0. The molecular formula is C12H6Br2F2. The first-order valence-electron chi connectivity index (χ1n) is 4.49. The molecule has 0 amide bonds. The molecule has 82 valence electrons. The Balaban J connectivity index is 2.68. The van der Waals surface area contributed by atoms with Crippen LogP contribution in [0.2, 0.25) is 0 Å². The Labute approximate surface area is 109 Å². The Morgan fingerprint density at radius 1 is 0.688 bits per heavy atom. The fourth-order valence-electron chi connectivity index (χ4n) is 1.42. The standard InChI is InChI=1S/C12H6Br2F2/c13-9-5-1-3-7(11(9)15)8-4-2-6-10(14)12(8)16/h1-6H. The van der Waals surface area contributed by atoms with Crippen LogP contribution in [-0.2, 0) is 0 Å². The van der Waals surface area contributed by atoms with E-state index in [0.29, 0.717) is 8.95 Å². The van der Waals surface area contributed by atoms with Crippen LogP contribution in [0.3, 0.4) is 0 Å². The maximum atomic E-state index is 13.8. The molecule has 0 bridgehead atoms. The van der Waals surface area contributed by atoms with Gasteiger partial charge in [0.15, 0.2) is 0 Å². The maximum Gasteiger partial charge on any atom is 0.145 e. The molecule has 2 rings (SSSR count). The van der Waals surface area contributed by atoms with Gasteiger partial charge in [-0.15, -0.1) is 0 Å². The van der Waals surface area contributed by atoms with E-state index < -0.39 is 11.6 Å². The molecule has 0 heterocycles. The third kappa shape index (κ3) is 2.04. The summed E-state index contributed by atoms with van der Waals surface area (Å²) in [6, 6.07) is 9.59. The smallest absolute Gasteiger partial charge is 0.145 e. The van der Waals surface area contributed by atoms with E-state index in [1.165, 1.54) is 0 Å². The van der Waals surface area contributed by atoms with Crippen molar-refractivity contribution in [3.05, 3.63) is 57.0 Å². The zero-order valence-corrected chi connectivity index (χ0v) is 11.1. The Morgan fingerprint density at radius 3 is 1.44 bits per heavy atom. The van der Waals surface area contributed by atoms with E-state index in [1.807, 2.05) is 0 Å². The van der Waals surface area contributed by atoms with Gasteiger partial charge >= 0.3 is 0 Å². The molecule has 4 heteroatoms. The van der Waals surface area contributed by atoms with E-state index in [4.69, 9.17) is 0 Å². The summed E-state index contributed by atoms with van der Waals surface area (Å²) < 4.78 is 28.2. The summed E-state index contributed by atoms with van der Waals surface area (Å²) in [5.74, 6) is -0.918. The first kappa shape index (κ1) is 11.7. The Hall–Kier alpha value is -0.740. The molecule has 0 aromatic heterocycles. The molecule has 0 N–H and O–H groups in total.